The lowest BCUT2D eigenvalue weighted by molar-refractivity contribution is 0.579. The van der Waals surface area contributed by atoms with E-state index in [1.54, 1.807) is 18.3 Å². The third kappa shape index (κ3) is 3.65. The fourth-order valence-electron chi connectivity index (χ4n) is 2.07. The SMILES string of the molecule is O=S(=O)(NCCC1=CCCCC1)c1cccnc1. The average Bonchev–Trinajstić information content (AvgIpc) is 2.41. The summed E-state index contributed by atoms with van der Waals surface area (Å²) in [6, 6.07) is 3.17. The van der Waals surface area contributed by atoms with E-state index in [0.29, 0.717) is 6.54 Å². The molecule has 5 heteroatoms. The Hall–Kier alpha value is -1.20. The van der Waals surface area contributed by atoms with Crippen LogP contribution in [0, 0.1) is 0 Å². The lowest BCUT2D eigenvalue weighted by atomic mass is 9.97. The molecule has 0 atom stereocenters. The minimum atomic E-state index is -3.40. The quantitative estimate of drug-likeness (QED) is 0.832. The largest absolute Gasteiger partial charge is 0.263 e. The molecule has 0 aliphatic heterocycles. The Morgan fingerprint density at radius 3 is 2.89 bits per heavy atom. The smallest absolute Gasteiger partial charge is 0.242 e. The van der Waals surface area contributed by atoms with Crippen molar-refractivity contribution in [3.8, 4) is 0 Å². The number of sulfonamides is 1. The van der Waals surface area contributed by atoms with Gasteiger partial charge in [0.25, 0.3) is 0 Å². The molecule has 1 N–H and O–H groups in total. The molecule has 0 saturated carbocycles. The lowest BCUT2D eigenvalue weighted by Gasteiger charge is -2.13. The summed E-state index contributed by atoms with van der Waals surface area (Å²) in [6.07, 6.45) is 10.7. The zero-order chi connectivity index (χ0) is 12.8. The molecule has 0 saturated heterocycles. The summed E-state index contributed by atoms with van der Waals surface area (Å²) in [6.45, 7) is 0.461. The van der Waals surface area contributed by atoms with Crippen molar-refractivity contribution in [2.75, 3.05) is 6.54 Å². The van der Waals surface area contributed by atoms with Gasteiger partial charge in [-0.15, -0.1) is 0 Å². The maximum Gasteiger partial charge on any atom is 0.242 e. The van der Waals surface area contributed by atoms with E-state index in [0.717, 1.165) is 19.3 Å². The second kappa shape index (κ2) is 6.11. The minimum absolute atomic E-state index is 0.225. The van der Waals surface area contributed by atoms with Gasteiger partial charge < -0.3 is 0 Å². The van der Waals surface area contributed by atoms with E-state index in [1.165, 1.54) is 24.6 Å². The van der Waals surface area contributed by atoms with E-state index in [4.69, 9.17) is 0 Å². The summed E-state index contributed by atoms with van der Waals surface area (Å²) >= 11 is 0. The number of nitrogens with one attached hydrogen (secondary N) is 1. The van der Waals surface area contributed by atoms with Crippen LogP contribution in [0.25, 0.3) is 0 Å². The summed E-state index contributed by atoms with van der Waals surface area (Å²) in [5.74, 6) is 0. The van der Waals surface area contributed by atoms with Crippen molar-refractivity contribution in [2.24, 2.45) is 0 Å². The van der Waals surface area contributed by atoms with Gasteiger partial charge in [0.05, 0.1) is 0 Å². The first-order valence-electron chi connectivity index (χ1n) is 6.26. The molecule has 98 valence electrons. The van der Waals surface area contributed by atoms with E-state index in [1.807, 2.05) is 0 Å². The molecule has 0 radical (unpaired) electrons. The van der Waals surface area contributed by atoms with Crippen molar-refractivity contribution in [1.29, 1.82) is 0 Å². The monoisotopic (exact) mass is 266 g/mol. The topological polar surface area (TPSA) is 59.1 Å². The molecule has 0 bridgehead atoms. The number of nitrogens with zero attached hydrogens (tertiary/aromatic N) is 1. The molecule has 18 heavy (non-hydrogen) atoms. The molecule has 0 spiro atoms. The van der Waals surface area contributed by atoms with Gasteiger partial charge in [0.15, 0.2) is 0 Å². The predicted molar refractivity (Wildman–Crippen MR) is 70.6 cm³/mol. The molecule has 1 aliphatic rings. The maximum atomic E-state index is 11.9. The van der Waals surface area contributed by atoms with Gasteiger partial charge in [0, 0.05) is 18.9 Å². The third-order valence-corrected chi connectivity index (χ3v) is 4.51. The van der Waals surface area contributed by atoms with Crippen LogP contribution in [0.1, 0.15) is 32.1 Å². The minimum Gasteiger partial charge on any atom is -0.263 e. The Bertz CT molecular complexity index is 509. The number of hydrogen-bond donors (Lipinski definition) is 1. The Morgan fingerprint density at radius 1 is 1.33 bits per heavy atom. The van der Waals surface area contributed by atoms with Crippen LogP contribution in [0.5, 0.6) is 0 Å². The highest BCUT2D eigenvalue weighted by Gasteiger charge is 2.13. The Morgan fingerprint density at radius 2 is 2.22 bits per heavy atom. The number of rotatable bonds is 5. The molecule has 0 unspecified atom stereocenters. The van der Waals surface area contributed by atoms with Gasteiger partial charge in [0.2, 0.25) is 10.0 Å². The van der Waals surface area contributed by atoms with Crippen molar-refractivity contribution in [1.82, 2.24) is 9.71 Å². The average molecular weight is 266 g/mol. The van der Waals surface area contributed by atoms with Gasteiger partial charge in [0.1, 0.15) is 4.90 Å². The van der Waals surface area contributed by atoms with Crippen molar-refractivity contribution in [3.63, 3.8) is 0 Å². The second-order valence-electron chi connectivity index (χ2n) is 4.44. The van der Waals surface area contributed by atoms with Crippen LogP contribution in [-0.4, -0.2) is 19.9 Å². The van der Waals surface area contributed by atoms with Gasteiger partial charge in [-0.05, 0) is 44.2 Å². The lowest BCUT2D eigenvalue weighted by Crippen LogP contribution is -2.25. The highest BCUT2D eigenvalue weighted by molar-refractivity contribution is 7.89. The fourth-order valence-corrected chi connectivity index (χ4v) is 3.06. The van der Waals surface area contributed by atoms with Crippen LogP contribution >= 0.6 is 0 Å². The number of allylic oxidation sites excluding steroid dienone is 1. The van der Waals surface area contributed by atoms with Gasteiger partial charge in [-0.1, -0.05) is 11.6 Å². The van der Waals surface area contributed by atoms with Gasteiger partial charge >= 0.3 is 0 Å². The van der Waals surface area contributed by atoms with Crippen LogP contribution < -0.4 is 4.72 Å². The number of pyridine rings is 1. The summed E-state index contributed by atoms with van der Waals surface area (Å²) in [7, 11) is -3.40. The molecule has 1 heterocycles. The van der Waals surface area contributed by atoms with Crippen LogP contribution in [0.3, 0.4) is 0 Å². The van der Waals surface area contributed by atoms with Gasteiger partial charge in [-0.3, -0.25) is 4.98 Å². The number of hydrogen-bond acceptors (Lipinski definition) is 3. The van der Waals surface area contributed by atoms with Crippen molar-refractivity contribution in [3.05, 3.63) is 36.2 Å². The molecule has 0 fully saturated rings. The third-order valence-electron chi connectivity index (χ3n) is 3.07. The van der Waals surface area contributed by atoms with E-state index in [9.17, 15) is 8.42 Å². The first-order chi connectivity index (χ1) is 8.68. The van der Waals surface area contributed by atoms with E-state index in [-0.39, 0.29) is 4.90 Å². The van der Waals surface area contributed by atoms with E-state index >= 15 is 0 Å². The molecule has 0 aromatic carbocycles. The molecule has 1 aliphatic carbocycles. The van der Waals surface area contributed by atoms with Crippen LogP contribution in [0.15, 0.2) is 41.1 Å². The highest BCUT2D eigenvalue weighted by Crippen LogP contribution is 2.19. The molecule has 1 aromatic heterocycles. The number of aromatic nitrogens is 1. The highest BCUT2D eigenvalue weighted by atomic mass is 32.2. The molecule has 2 rings (SSSR count). The zero-order valence-electron chi connectivity index (χ0n) is 10.3. The van der Waals surface area contributed by atoms with Crippen molar-refractivity contribution >= 4 is 10.0 Å². The van der Waals surface area contributed by atoms with E-state index in [2.05, 4.69) is 15.8 Å². The summed E-state index contributed by atoms with van der Waals surface area (Å²) in [4.78, 5) is 4.04. The zero-order valence-corrected chi connectivity index (χ0v) is 11.1. The summed E-state index contributed by atoms with van der Waals surface area (Å²) < 4.78 is 26.4. The van der Waals surface area contributed by atoms with Crippen LogP contribution in [-0.2, 0) is 10.0 Å². The van der Waals surface area contributed by atoms with Crippen LogP contribution in [0.2, 0.25) is 0 Å². The van der Waals surface area contributed by atoms with Crippen molar-refractivity contribution < 1.29 is 8.42 Å². The fraction of sp³-hybridized carbons (Fsp3) is 0.462. The normalized spacial score (nSPS) is 16.3. The second-order valence-corrected chi connectivity index (χ2v) is 6.21. The summed E-state index contributed by atoms with van der Waals surface area (Å²) in [5, 5.41) is 0. The predicted octanol–water partition coefficient (Wildman–Crippen LogP) is 2.25. The first-order valence-corrected chi connectivity index (χ1v) is 7.74. The molecule has 1 aromatic rings. The molecular formula is C13H18N2O2S. The van der Waals surface area contributed by atoms with Gasteiger partial charge in [-0.25, -0.2) is 13.1 Å². The first kappa shape index (κ1) is 13.2. The van der Waals surface area contributed by atoms with Crippen LogP contribution in [0.4, 0.5) is 0 Å². The van der Waals surface area contributed by atoms with E-state index < -0.39 is 10.0 Å². The molecule has 4 nitrogen and oxygen atoms in total. The Labute approximate surface area is 108 Å². The van der Waals surface area contributed by atoms with Crippen molar-refractivity contribution in [2.45, 2.75) is 37.0 Å². The molecule has 0 amide bonds. The standard InChI is InChI=1S/C13H18N2O2S/c16-18(17,13-7-4-9-14-11-13)15-10-8-12-5-2-1-3-6-12/h4-5,7,9,11,15H,1-3,6,8,10H2. The Balaban J connectivity index is 1.88. The maximum absolute atomic E-state index is 11.9. The van der Waals surface area contributed by atoms with Gasteiger partial charge in [-0.2, -0.15) is 0 Å². The molecular weight excluding hydrogens is 248 g/mol. The summed E-state index contributed by atoms with van der Waals surface area (Å²) in [5.41, 5.74) is 1.37. The Kier molecular flexibility index (Phi) is 4.49.